The van der Waals surface area contributed by atoms with Crippen LogP contribution in [0.5, 0.6) is 0 Å². The molecule has 1 aromatic carbocycles. The first kappa shape index (κ1) is 10.1. The number of hydrogen-bond donors (Lipinski definition) is 0. The lowest BCUT2D eigenvalue weighted by Gasteiger charge is -2.00. The highest BCUT2D eigenvalue weighted by molar-refractivity contribution is 14.1. The summed E-state index contributed by atoms with van der Waals surface area (Å²) in [4.78, 5) is 10.4. The van der Waals surface area contributed by atoms with Gasteiger partial charge in [0.05, 0.1) is 18.1 Å². The Kier molecular flexibility index (Phi) is 3.37. The van der Waals surface area contributed by atoms with Crippen LogP contribution < -0.4 is 0 Å². The maximum Gasteiger partial charge on any atom is 0.153 e. The van der Waals surface area contributed by atoms with Crippen LogP contribution in [0.1, 0.15) is 15.9 Å². The maximum atomic E-state index is 13.1. The van der Waals surface area contributed by atoms with E-state index in [0.717, 1.165) is 0 Å². The van der Waals surface area contributed by atoms with Crippen molar-refractivity contribution in [3.63, 3.8) is 0 Å². The molecule has 66 valence electrons. The van der Waals surface area contributed by atoms with Gasteiger partial charge in [0.1, 0.15) is 5.82 Å². The third-order valence-electron chi connectivity index (χ3n) is 1.53. The summed E-state index contributed by atoms with van der Waals surface area (Å²) in [5, 5.41) is 8.41. The summed E-state index contributed by atoms with van der Waals surface area (Å²) in [6.45, 7) is 0. The first-order valence-electron chi connectivity index (χ1n) is 3.49. The minimum absolute atomic E-state index is 0.0113. The molecular formula is C9H5FINO. The Balaban J connectivity index is 3.23. The Morgan fingerprint density at radius 1 is 1.62 bits per heavy atom. The predicted octanol–water partition coefficient (Wildman–Crippen LogP) is 2.31. The van der Waals surface area contributed by atoms with E-state index in [9.17, 15) is 9.18 Å². The monoisotopic (exact) mass is 289 g/mol. The summed E-state index contributed by atoms with van der Waals surface area (Å²) in [5.41, 5.74) is 0.674. The van der Waals surface area contributed by atoms with Crippen molar-refractivity contribution in [3.8, 4) is 6.07 Å². The fourth-order valence-electron chi connectivity index (χ4n) is 0.948. The summed E-state index contributed by atoms with van der Waals surface area (Å²) >= 11 is 1.80. The second-order valence-corrected chi connectivity index (χ2v) is 3.60. The summed E-state index contributed by atoms with van der Waals surface area (Å²) < 4.78 is 13.5. The molecule has 1 rings (SSSR count). The molecule has 0 saturated carbocycles. The zero-order valence-corrected chi connectivity index (χ0v) is 8.71. The molecule has 0 spiro atoms. The van der Waals surface area contributed by atoms with Crippen LogP contribution in [0.2, 0.25) is 0 Å². The second-order valence-electron chi connectivity index (χ2n) is 2.43. The van der Waals surface area contributed by atoms with E-state index in [2.05, 4.69) is 0 Å². The highest BCUT2D eigenvalue weighted by atomic mass is 127. The number of rotatable bonds is 2. The Morgan fingerprint density at radius 3 is 2.85 bits per heavy atom. The van der Waals surface area contributed by atoms with Crippen LogP contribution in [0.3, 0.4) is 0 Å². The lowest BCUT2D eigenvalue weighted by atomic mass is 10.1. The number of hydrogen-bond acceptors (Lipinski definition) is 2. The van der Waals surface area contributed by atoms with Crippen molar-refractivity contribution < 1.29 is 9.18 Å². The number of carbonyl (C=O) groups is 1. The van der Waals surface area contributed by atoms with Gasteiger partial charge in [-0.1, -0.05) is 0 Å². The Labute approximate surface area is 88.5 Å². The van der Waals surface area contributed by atoms with Crippen molar-refractivity contribution in [1.29, 1.82) is 5.26 Å². The van der Waals surface area contributed by atoms with Gasteiger partial charge in [-0.2, -0.15) is 5.26 Å². The van der Waals surface area contributed by atoms with E-state index >= 15 is 0 Å². The lowest BCUT2D eigenvalue weighted by molar-refractivity contribution is 0.111. The largest absolute Gasteiger partial charge is 0.298 e. The van der Waals surface area contributed by atoms with E-state index in [4.69, 9.17) is 5.26 Å². The van der Waals surface area contributed by atoms with Gasteiger partial charge in [0.15, 0.2) is 6.29 Å². The Hall–Kier alpha value is -0.960. The third kappa shape index (κ3) is 2.25. The number of carbonyl (C=O) groups excluding carboxylic acids is 1. The normalized spacial score (nSPS) is 9.31. The van der Waals surface area contributed by atoms with Crippen molar-refractivity contribution in [3.05, 3.63) is 32.6 Å². The molecule has 0 amide bonds. The van der Waals surface area contributed by atoms with Gasteiger partial charge in [0, 0.05) is 3.57 Å². The first-order chi connectivity index (χ1) is 6.19. The van der Waals surface area contributed by atoms with E-state index in [1.165, 1.54) is 6.07 Å². The zero-order chi connectivity index (χ0) is 9.84. The SMILES string of the molecule is N#CCc1cc(I)c(F)c(C=O)c1. The molecule has 0 aliphatic heterocycles. The Morgan fingerprint density at radius 2 is 2.31 bits per heavy atom. The smallest absolute Gasteiger partial charge is 0.153 e. The fraction of sp³-hybridized carbons (Fsp3) is 0.111. The van der Waals surface area contributed by atoms with Crippen LogP contribution in [-0.2, 0) is 6.42 Å². The fourth-order valence-corrected chi connectivity index (χ4v) is 1.66. The average molecular weight is 289 g/mol. The number of halogens is 2. The minimum Gasteiger partial charge on any atom is -0.298 e. The highest BCUT2D eigenvalue weighted by Gasteiger charge is 2.07. The van der Waals surface area contributed by atoms with E-state index in [1.807, 2.05) is 6.07 Å². The van der Waals surface area contributed by atoms with Crippen LogP contribution in [0.15, 0.2) is 12.1 Å². The van der Waals surface area contributed by atoms with Crippen LogP contribution in [0, 0.1) is 20.7 Å². The topological polar surface area (TPSA) is 40.9 Å². The van der Waals surface area contributed by atoms with Crippen molar-refractivity contribution in [1.82, 2.24) is 0 Å². The van der Waals surface area contributed by atoms with Crippen molar-refractivity contribution in [2.24, 2.45) is 0 Å². The molecule has 0 aliphatic carbocycles. The maximum absolute atomic E-state index is 13.1. The molecule has 0 atom stereocenters. The molecule has 2 nitrogen and oxygen atoms in total. The number of nitriles is 1. The second kappa shape index (κ2) is 4.33. The van der Waals surface area contributed by atoms with E-state index in [-0.39, 0.29) is 12.0 Å². The minimum atomic E-state index is -0.516. The molecule has 0 heterocycles. The van der Waals surface area contributed by atoms with Crippen LogP contribution in [0.25, 0.3) is 0 Å². The van der Waals surface area contributed by atoms with E-state index in [1.54, 1.807) is 28.7 Å². The van der Waals surface area contributed by atoms with Gasteiger partial charge in [0.25, 0.3) is 0 Å². The van der Waals surface area contributed by atoms with Gasteiger partial charge < -0.3 is 0 Å². The standard InChI is InChI=1S/C9H5FINO/c10-9-7(5-13)3-6(1-2-12)4-8(9)11/h3-5H,1H2. The zero-order valence-electron chi connectivity index (χ0n) is 6.55. The van der Waals surface area contributed by atoms with Crippen LogP contribution in [-0.4, -0.2) is 6.29 Å². The third-order valence-corrected chi connectivity index (χ3v) is 2.31. The molecule has 4 heteroatoms. The summed E-state index contributed by atoms with van der Waals surface area (Å²) in [5.74, 6) is -0.516. The molecule has 0 aromatic heterocycles. The van der Waals surface area contributed by atoms with Crippen LogP contribution >= 0.6 is 22.6 Å². The number of nitrogens with zero attached hydrogens (tertiary/aromatic N) is 1. The van der Waals surface area contributed by atoms with Gasteiger partial charge in [-0.3, -0.25) is 4.79 Å². The van der Waals surface area contributed by atoms with Crippen molar-refractivity contribution >= 4 is 28.9 Å². The molecule has 0 unspecified atom stereocenters. The summed E-state index contributed by atoms with van der Waals surface area (Å²) in [6, 6.07) is 4.90. The van der Waals surface area contributed by atoms with Gasteiger partial charge in [-0.25, -0.2) is 4.39 Å². The number of aldehydes is 1. The molecule has 0 N–H and O–H groups in total. The molecule has 0 fully saturated rings. The summed E-state index contributed by atoms with van der Waals surface area (Å²) in [7, 11) is 0. The lowest BCUT2D eigenvalue weighted by Crippen LogP contribution is -1.95. The highest BCUT2D eigenvalue weighted by Crippen LogP contribution is 2.17. The van der Waals surface area contributed by atoms with Gasteiger partial charge in [0.2, 0.25) is 0 Å². The van der Waals surface area contributed by atoms with E-state index in [0.29, 0.717) is 15.4 Å². The van der Waals surface area contributed by atoms with Gasteiger partial charge in [-0.05, 0) is 40.3 Å². The predicted molar refractivity (Wildman–Crippen MR) is 53.8 cm³/mol. The Bertz CT molecular complexity index is 384. The molecular weight excluding hydrogens is 284 g/mol. The first-order valence-corrected chi connectivity index (χ1v) is 4.57. The molecule has 13 heavy (non-hydrogen) atoms. The number of benzene rings is 1. The van der Waals surface area contributed by atoms with Gasteiger partial charge in [-0.15, -0.1) is 0 Å². The van der Waals surface area contributed by atoms with Gasteiger partial charge >= 0.3 is 0 Å². The molecule has 0 radical (unpaired) electrons. The quantitative estimate of drug-likeness (QED) is 0.619. The molecule has 0 bridgehead atoms. The molecule has 1 aromatic rings. The van der Waals surface area contributed by atoms with Crippen molar-refractivity contribution in [2.45, 2.75) is 6.42 Å². The molecule has 0 saturated heterocycles. The average Bonchev–Trinajstić information content (AvgIpc) is 2.11. The van der Waals surface area contributed by atoms with E-state index < -0.39 is 5.82 Å². The van der Waals surface area contributed by atoms with Crippen molar-refractivity contribution in [2.75, 3.05) is 0 Å². The summed E-state index contributed by atoms with van der Waals surface area (Å²) in [6.07, 6.45) is 0.648. The van der Waals surface area contributed by atoms with Crippen LogP contribution in [0.4, 0.5) is 4.39 Å². The molecule has 0 aliphatic rings.